The molecule has 8 heteroatoms. The maximum atomic E-state index is 13.3. The minimum atomic E-state index is -0.807. The summed E-state index contributed by atoms with van der Waals surface area (Å²) in [5.74, 6) is -0.458. The molecule has 1 aromatic heterocycles. The summed E-state index contributed by atoms with van der Waals surface area (Å²) in [6.45, 7) is 4.29. The van der Waals surface area contributed by atoms with Gasteiger partial charge in [0.2, 0.25) is 6.79 Å². The van der Waals surface area contributed by atoms with Gasteiger partial charge in [-0.05, 0) is 37.6 Å². The lowest BCUT2D eigenvalue weighted by Gasteiger charge is -2.26. The van der Waals surface area contributed by atoms with Crippen molar-refractivity contribution >= 4 is 40.5 Å². The number of barbiturate groups is 1. The number of imide groups is 2. The van der Waals surface area contributed by atoms with E-state index < -0.39 is 17.8 Å². The Hall–Kier alpha value is -4.07. The van der Waals surface area contributed by atoms with Crippen LogP contribution in [0.25, 0.3) is 17.0 Å². The van der Waals surface area contributed by atoms with Crippen molar-refractivity contribution < 1.29 is 23.9 Å². The fraction of sp³-hybridized carbons (Fsp3) is 0.208. The molecule has 2 aliphatic heterocycles. The van der Waals surface area contributed by atoms with Crippen LogP contribution in [0.1, 0.15) is 31.9 Å². The number of ether oxygens (including phenoxy) is 2. The van der Waals surface area contributed by atoms with Crippen LogP contribution in [0.4, 0.5) is 10.5 Å². The molecule has 32 heavy (non-hydrogen) atoms. The van der Waals surface area contributed by atoms with Crippen molar-refractivity contribution in [3.63, 3.8) is 0 Å². The number of nitrogens with zero attached hydrogens (tertiary/aromatic N) is 2. The Balaban J connectivity index is 1.58. The second-order valence-corrected chi connectivity index (χ2v) is 7.76. The molecule has 5 rings (SSSR count). The van der Waals surface area contributed by atoms with E-state index in [2.05, 4.69) is 23.7 Å². The highest BCUT2D eigenvalue weighted by Gasteiger charge is 2.37. The van der Waals surface area contributed by atoms with Crippen molar-refractivity contribution in [2.24, 2.45) is 0 Å². The highest BCUT2D eigenvalue weighted by Crippen LogP contribution is 2.36. The first kappa shape index (κ1) is 19.9. The molecule has 2 aliphatic rings. The number of anilines is 1. The van der Waals surface area contributed by atoms with Gasteiger partial charge in [-0.15, -0.1) is 0 Å². The summed E-state index contributed by atoms with van der Waals surface area (Å²) < 4.78 is 12.8. The molecule has 1 atom stereocenters. The number of hydrogen-bond donors (Lipinski definition) is 1. The van der Waals surface area contributed by atoms with Crippen LogP contribution in [0, 0.1) is 0 Å². The van der Waals surface area contributed by atoms with Gasteiger partial charge >= 0.3 is 6.03 Å². The van der Waals surface area contributed by atoms with E-state index in [0.717, 1.165) is 27.8 Å². The summed E-state index contributed by atoms with van der Waals surface area (Å²) in [5, 5.41) is 3.19. The van der Waals surface area contributed by atoms with Crippen molar-refractivity contribution in [3.8, 4) is 11.5 Å². The Morgan fingerprint density at radius 3 is 2.69 bits per heavy atom. The smallest absolute Gasteiger partial charge is 0.335 e. The topological polar surface area (TPSA) is 89.9 Å². The molecule has 1 unspecified atom stereocenters. The van der Waals surface area contributed by atoms with Crippen molar-refractivity contribution in [1.82, 2.24) is 9.88 Å². The lowest BCUT2D eigenvalue weighted by molar-refractivity contribution is -0.122. The Kier molecular flexibility index (Phi) is 4.70. The number of benzene rings is 2. The number of carbonyl (C=O) groups excluding carboxylic acids is 3. The molecule has 1 N–H and O–H groups in total. The van der Waals surface area contributed by atoms with E-state index in [0.29, 0.717) is 11.5 Å². The molecule has 2 aromatic carbocycles. The SMILES string of the molecule is CCC(C)n1cc(/C=C2\C(=O)NC(=O)N(c3ccc4c(c3)OCO4)C2=O)c2ccccc21. The molecule has 0 bridgehead atoms. The van der Waals surface area contributed by atoms with E-state index in [1.807, 2.05) is 30.5 Å². The minimum Gasteiger partial charge on any atom is -0.454 e. The first-order valence-electron chi connectivity index (χ1n) is 10.4. The van der Waals surface area contributed by atoms with Gasteiger partial charge in [0.1, 0.15) is 5.57 Å². The molecule has 1 fully saturated rings. The van der Waals surface area contributed by atoms with Crippen LogP contribution in [-0.2, 0) is 9.59 Å². The third kappa shape index (κ3) is 3.11. The quantitative estimate of drug-likeness (QED) is 0.498. The van der Waals surface area contributed by atoms with Gasteiger partial charge in [-0.3, -0.25) is 14.9 Å². The normalized spacial score (nSPS) is 17.9. The van der Waals surface area contributed by atoms with Gasteiger partial charge in [0.25, 0.3) is 11.8 Å². The average Bonchev–Trinajstić information content (AvgIpc) is 3.40. The molecule has 8 nitrogen and oxygen atoms in total. The number of amides is 4. The van der Waals surface area contributed by atoms with Gasteiger partial charge in [0.05, 0.1) is 5.69 Å². The third-order valence-corrected chi connectivity index (χ3v) is 5.85. The van der Waals surface area contributed by atoms with Gasteiger partial charge in [0.15, 0.2) is 11.5 Å². The monoisotopic (exact) mass is 431 g/mol. The standard InChI is InChI=1S/C24H21N3O5/c1-3-14(2)26-12-15(17-6-4-5-7-19(17)26)10-18-22(28)25-24(30)27(23(18)29)16-8-9-20-21(11-16)32-13-31-20/h4-12,14H,3,13H2,1-2H3,(H,25,28,30)/b18-10+. The zero-order valence-corrected chi connectivity index (χ0v) is 17.6. The fourth-order valence-corrected chi connectivity index (χ4v) is 3.98. The first-order chi connectivity index (χ1) is 15.5. The Morgan fingerprint density at radius 1 is 1.09 bits per heavy atom. The van der Waals surface area contributed by atoms with Gasteiger partial charge in [0, 0.05) is 34.8 Å². The van der Waals surface area contributed by atoms with Gasteiger partial charge in [-0.1, -0.05) is 25.1 Å². The summed E-state index contributed by atoms with van der Waals surface area (Å²) in [6.07, 6.45) is 4.42. The summed E-state index contributed by atoms with van der Waals surface area (Å²) in [5.41, 5.74) is 1.92. The molecule has 0 aliphatic carbocycles. The highest BCUT2D eigenvalue weighted by atomic mass is 16.7. The van der Waals surface area contributed by atoms with Crippen LogP contribution in [0.3, 0.4) is 0 Å². The van der Waals surface area contributed by atoms with E-state index in [1.165, 1.54) is 0 Å². The number of rotatable bonds is 4. The molecule has 0 saturated carbocycles. The van der Waals surface area contributed by atoms with Crippen molar-refractivity contribution in [2.45, 2.75) is 26.3 Å². The molecule has 3 aromatic rings. The van der Waals surface area contributed by atoms with Crippen molar-refractivity contribution in [2.75, 3.05) is 11.7 Å². The zero-order chi connectivity index (χ0) is 22.4. The number of aromatic nitrogens is 1. The number of fused-ring (bicyclic) bond motifs is 2. The van der Waals surface area contributed by atoms with Gasteiger partial charge in [-0.25, -0.2) is 9.69 Å². The predicted octanol–water partition coefficient (Wildman–Crippen LogP) is 4.01. The number of carbonyl (C=O) groups is 3. The Labute approximate surface area is 184 Å². The molecule has 0 spiro atoms. The maximum Gasteiger partial charge on any atom is 0.335 e. The Bertz CT molecular complexity index is 1310. The second kappa shape index (κ2) is 7.56. The van der Waals surface area contributed by atoms with Crippen molar-refractivity contribution in [3.05, 3.63) is 59.8 Å². The van der Waals surface area contributed by atoms with E-state index in [9.17, 15) is 14.4 Å². The molecular weight excluding hydrogens is 410 g/mol. The Morgan fingerprint density at radius 2 is 1.88 bits per heavy atom. The molecule has 0 radical (unpaired) electrons. The van der Waals surface area contributed by atoms with E-state index in [-0.39, 0.29) is 24.1 Å². The summed E-state index contributed by atoms with van der Waals surface area (Å²) in [7, 11) is 0. The van der Waals surface area contributed by atoms with E-state index in [4.69, 9.17) is 9.47 Å². The molecule has 162 valence electrons. The van der Waals surface area contributed by atoms with Crippen LogP contribution < -0.4 is 19.7 Å². The van der Waals surface area contributed by atoms with Crippen LogP contribution in [0.15, 0.2) is 54.2 Å². The molecular formula is C24H21N3O5. The number of nitrogens with one attached hydrogen (secondary N) is 1. The van der Waals surface area contributed by atoms with Crippen LogP contribution in [-0.4, -0.2) is 29.2 Å². The lowest BCUT2D eigenvalue weighted by Crippen LogP contribution is -2.54. The predicted molar refractivity (Wildman–Crippen MR) is 119 cm³/mol. The van der Waals surface area contributed by atoms with Crippen LogP contribution in [0.2, 0.25) is 0 Å². The van der Waals surface area contributed by atoms with Gasteiger partial charge < -0.3 is 14.0 Å². The number of para-hydroxylation sites is 1. The minimum absolute atomic E-state index is 0.0722. The van der Waals surface area contributed by atoms with Crippen molar-refractivity contribution in [1.29, 1.82) is 0 Å². The number of hydrogen-bond acceptors (Lipinski definition) is 5. The fourth-order valence-electron chi connectivity index (χ4n) is 3.98. The largest absolute Gasteiger partial charge is 0.454 e. The summed E-state index contributed by atoms with van der Waals surface area (Å²) in [6, 6.07) is 12.0. The lowest BCUT2D eigenvalue weighted by atomic mass is 10.1. The summed E-state index contributed by atoms with van der Waals surface area (Å²) in [4.78, 5) is 39.4. The maximum absolute atomic E-state index is 13.3. The van der Waals surface area contributed by atoms with Crippen LogP contribution in [0.5, 0.6) is 11.5 Å². The summed E-state index contributed by atoms with van der Waals surface area (Å²) >= 11 is 0. The van der Waals surface area contributed by atoms with Gasteiger partial charge in [-0.2, -0.15) is 0 Å². The second-order valence-electron chi connectivity index (χ2n) is 7.76. The molecule has 4 amide bonds. The third-order valence-electron chi connectivity index (χ3n) is 5.85. The zero-order valence-electron chi connectivity index (χ0n) is 17.6. The molecule has 1 saturated heterocycles. The number of urea groups is 1. The highest BCUT2D eigenvalue weighted by molar-refractivity contribution is 6.39. The van der Waals surface area contributed by atoms with E-state index >= 15 is 0 Å². The van der Waals surface area contributed by atoms with Crippen LogP contribution >= 0.6 is 0 Å². The van der Waals surface area contributed by atoms with E-state index in [1.54, 1.807) is 24.3 Å². The first-order valence-corrected chi connectivity index (χ1v) is 10.4. The molecule has 3 heterocycles. The average molecular weight is 431 g/mol.